The Kier molecular flexibility index (Phi) is 2.44. The van der Waals surface area contributed by atoms with Crippen molar-refractivity contribution in [2.75, 3.05) is 0 Å². The first-order chi connectivity index (χ1) is 6.70. The number of hydrogen-bond donors (Lipinski definition) is 1. The minimum absolute atomic E-state index is 0.177. The number of ketones is 1. The lowest BCUT2D eigenvalue weighted by molar-refractivity contribution is 0.101. The molecule has 1 aromatic rings. The summed E-state index contributed by atoms with van der Waals surface area (Å²) in [5.41, 5.74) is 4.77. The highest BCUT2D eigenvalue weighted by atomic mass is 16.1. The summed E-state index contributed by atoms with van der Waals surface area (Å²) in [5, 5.41) is 0. The van der Waals surface area contributed by atoms with Crippen LogP contribution in [0.5, 0.6) is 0 Å². The van der Waals surface area contributed by atoms with Gasteiger partial charge in [0.1, 0.15) is 0 Å². The number of fused-ring (bicyclic) bond motifs is 1. The molecule has 2 nitrogen and oxygen atoms in total. The average molecular weight is 191 g/mol. The molecule has 1 heterocycles. The van der Waals surface area contributed by atoms with E-state index in [1.807, 2.05) is 0 Å². The number of aromatic amines is 1. The van der Waals surface area contributed by atoms with E-state index in [2.05, 4.69) is 11.9 Å². The molecule has 76 valence electrons. The Labute approximate surface area is 84.7 Å². The highest BCUT2D eigenvalue weighted by Crippen LogP contribution is 2.26. The predicted molar refractivity (Wildman–Crippen MR) is 56.8 cm³/mol. The Morgan fingerprint density at radius 3 is 2.43 bits per heavy atom. The average Bonchev–Trinajstić information content (AvgIpc) is 2.38. The quantitative estimate of drug-likeness (QED) is 0.537. The lowest BCUT2D eigenvalue weighted by Gasteiger charge is -2.00. The summed E-state index contributed by atoms with van der Waals surface area (Å²) in [6, 6.07) is 0. The zero-order valence-electron chi connectivity index (χ0n) is 8.94. The van der Waals surface area contributed by atoms with E-state index in [1.54, 1.807) is 6.92 Å². The fraction of sp³-hybridized carbons (Fsp3) is 0.583. The van der Waals surface area contributed by atoms with Crippen LogP contribution in [0.2, 0.25) is 0 Å². The van der Waals surface area contributed by atoms with Gasteiger partial charge in [0.15, 0.2) is 5.78 Å². The third-order valence-electron chi connectivity index (χ3n) is 3.14. The van der Waals surface area contributed by atoms with Gasteiger partial charge in [0, 0.05) is 12.6 Å². The standard InChI is InChI=1S/C12H17NO/c1-8-10-6-4-3-5-7-11(10)12(13-8)9(2)14/h13H,3-7H2,1-2H3. The van der Waals surface area contributed by atoms with Crippen molar-refractivity contribution in [1.82, 2.24) is 4.98 Å². The lowest BCUT2D eigenvalue weighted by Crippen LogP contribution is -1.98. The molecule has 0 saturated heterocycles. The maximum Gasteiger partial charge on any atom is 0.176 e. The van der Waals surface area contributed by atoms with Gasteiger partial charge in [-0.05, 0) is 43.7 Å². The smallest absolute Gasteiger partial charge is 0.176 e. The monoisotopic (exact) mass is 191 g/mol. The van der Waals surface area contributed by atoms with Gasteiger partial charge in [-0.3, -0.25) is 4.79 Å². The van der Waals surface area contributed by atoms with Crippen LogP contribution in [-0.2, 0) is 12.8 Å². The Morgan fingerprint density at radius 1 is 1.14 bits per heavy atom. The normalized spacial score (nSPS) is 16.1. The van der Waals surface area contributed by atoms with Gasteiger partial charge >= 0.3 is 0 Å². The molecule has 1 aliphatic rings. The number of aryl methyl sites for hydroxylation is 1. The minimum atomic E-state index is 0.177. The number of carbonyl (C=O) groups is 1. The summed E-state index contributed by atoms with van der Waals surface area (Å²) in [4.78, 5) is 14.6. The van der Waals surface area contributed by atoms with Gasteiger partial charge in [-0.15, -0.1) is 0 Å². The fourth-order valence-electron chi connectivity index (χ4n) is 2.41. The zero-order valence-corrected chi connectivity index (χ0v) is 8.94. The summed E-state index contributed by atoms with van der Waals surface area (Å²) >= 11 is 0. The molecule has 0 radical (unpaired) electrons. The van der Waals surface area contributed by atoms with Crippen molar-refractivity contribution in [1.29, 1.82) is 0 Å². The van der Waals surface area contributed by atoms with Crippen molar-refractivity contribution < 1.29 is 4.79 Å². The first-order valence-corrected chi connectivity index (χ1v) is 5.41. The summed E-state index contributed by atoms with van der Waals surface area (Å²) in [5.74, 6) is 0.177. The third-order valence-corrected chi connectivity index (χ3v) is 3.14. The molecule has 1 aromatic heterocycles. The first kappa shape index (κ1) is 9.50. The van der Waals surface area contributed by atoms with Gasteiger partial charge < -0.3 is 4.98 Å². The van der Waals surface area contributed by atoms with Gasteiger partial charge in [-0.2, -0.15) is 0 Å². The molecule has 1 N–H and O–H groups in total. The molecule has 0 unspecified atom stereocenters. The summed E-state index contributed by atoms with van der Waals surface area (Å²) in [6.07, 6.45) is 6.01. The van der Waals surface area contributed by atoms with Crippen LogP contribution in [0.1, 0.15) is 53.5 Å². The Bertz CT molecular complexity index is 363. The molecule has 2 rings (SSSR count). The van der Waals surface area contributed by atoms with Crippen LogP contribution in [0.25, 0.3) is 0 Å². The van der Waals surface area contributed by atoms with E-state index in [0.717, 1.165) is 18.5 Å². The number of carbonyl (C=O) groups excluding carboxylic acids is 1. The second-order valence-electron chi connectivity index (χ2n) is 4.20. The van der Waals surface area contributed by atoms with Gasteiger partial charge in [0.05, 0.1) is 5.69 Å². The largest absolute Gasteiger partial charge is 0.356 e. The van der Waals surface area contributed by atoms with Gasteiger partial charge in [-0.1, -0.05) is 6.42 Å². The van der Waals surface area contributed by atoms with E-state index in [-0.39, 0.29) is 5.78 Å². The highest BCUT2D eigenvalue weighted by molar-refractivity contribution is 5.94. The van der Waals surface area contributed by atoms with Crippen molar-refractivity contribution in [2.45, 2.75) is 46.0 Å². The Balaban J connectivity index is 2.49. The van der Waals surface area contributed by atoms with Gasteiger partial charge in [-0.25, -0.2) is 0 Å². The molecule has 0 spiro atoms. The number of Topliss-reactive ketones (excluding diaryl/α,β-unsaturated/α-hetero) is 1. The van der Waals surface area contributed by atoms with E-state index in [1.165, 1.54) is 36.1 Å². The molecule has 1 aliphatic carbocycles. The van der Waals surface area contributed by atoms with Crippen molar-refractivity contribution in [3.8, 4) is 0 Å². The molecular formula is C12H17NO. The van der Waals surface area contributed by atoms with E-state index >= 15 is 0 Å². The van der Waals surface area contributed by atoms with Crippen molar-refractivity contribution in [3.05, 3.63) is 22.5 Å². The highest BCUT2D eigenvalue weighted by Gasteiger charge is 2.18. The second kappa shape index (κ2) is 3.60. The number of aromatic nitrogens is 1. The second-order valence-corrected chi connectivity index (χ2v) is 4.20. The van der Waals surface area contributed by atoms with Crippen LogP contribution < -0.4 is 0 Å². The van der Waals surface area contributed by atoms with Crippen molar-refractivity contribution >= 4 is 5.78 Å². The maximum absolute atomic E-state index is 11.4. The number of H-pyrrole nitrogens is 1. The van der Waals surface area contributed by atoms with Crippen LogP contribution in [0, 0.1) is 6.92 Å². The molecule has 0 fully saturated rings. The molecular weight excluding hydrogens is 174 g/mol. The number of nitrogens with one attached hydrogen (secondary N) is 1. The van der Waals surface area contributed by atoms with Crippen LogP contribution in [0.15, 0.2) is 0 Å². The molecule has 2 heteroatoms. The maximum atomic E-state index is 11.4. The fourth-order valence-corrected chi connectivity index (χ4v) is 2.41. The SMILES string of the molecule is CC(=O)c1[nH]c(C)c2c1CCCCC2. The van der Waals surface area contributed by atoms with E-state index in [9.17, 15) is 4.79 Å². The molecule has 0 bridgehead atoms. The first-order valence-electron chi connectivity index (χ1n) is 5.41. The minimum Gasteiger partial charge on any atom is -0.356 e. The van der Waals surface area contributed by atoms with Crippen LogP contribution in [0.3, 0.4) is 0 Å². The Hall–Kier alpha value is -1.05. The van der Waals surface area contributed by atoms with Gasteiger partial charge in [0.25, 0.3) is 0 Å². The predicted octanol–water partition coefficient (Wildman–Crippen LogP) is 2.79. The number of hydrogen-bond acceptors (Lipinski definition) is 1. The molecule has 14 heavy (non-hydrogen) atoms. The van der Waals surface area contributed by atoms with Gasteiger partial charge in [0.2, 0.25) is 0 Å². The van der Waals surface area contributed by atoms with Crippen molar-refractivity contribution in [2.24, 2.45) is 0 Å². The van der Waals surface area contributed by atoms with Crippen LogP contribution in [0.4, 0.5) is 0 Å². The van der Waals surface area contributed by atoms with E-state index in [4.69, 9.17) is 0 Å². The van der Waals surface area contributed by atoms with Crippen molar-refractivity contribution in [3.63, 3.8) is 0 Å². The molecule has 0 aliphatic heterocycles. The lowest BCUT2D eigenvalue weighted by atomic mass is 10.0. The van der Waals surface area contributed by atoms with Crippen LogP contribution in [-0.4, -0.2) is 10.8 Å². The topological polar surface area (TPSA) is 32.9 Å². The Morgan fingerprint density at radius 2 is 1.79 bits per heavy atom. The van der Waals surface area contributed by atoms with E-state index in [0.29, 0.717) is 0 Å². The van der Waals surface area contributed by atoms with Crippen LogP contribution >= 0.6 is 0 Å². The van der Waals surface area contributed by atoms with E-state index < -0.39 is 0 Å². The third kappa shape index (κ3) is 1.49. The summed E-state index contributed by atoms with van der Waals surface area (Å²) < 4.78 is 0. The molecule has 0 aromatic carbocycles. The molecule has 0 amide bonds. The summed E-state index contributed by atoms with van der Waals surface area (Å²) in [7, 11) is 0. The molecule has 0 atom stereocenters. The zero-order chi connectivity index (χ0) is 10.1. The summed E-state index contributed by atoms with van der Waals surface area (Å²) in [6.45, 7) is 3.73. The molecule has 0 saturated carbocycles. The number of rotatable bonds is 1.